The fraction of sp³-hybridized carbons (Fsp3) is 0.167. The molecule has 2 aromatic rings. The van der Waals surface area contributed by atoms with E-state index in [2.05, 4.69) is 0 Å². The summed E-state index contributed by atoms with van der Waals surface area (Å²) in [5, 5.41) is 0.439. The van der Waals surface area contributed by atoms with Gasteiger partial charge in [-0.1, -0.05) is 23.7 Å². The van der Waals surface area contributed by atoms with Crippen LogP contribution in [-0.2, 0) is 16.1 Å². The lowest BCUT2D eigenvalue weighted by Crippen LogP contribution is -2.00. The number of carbonyl (C=O) groups is 1. The number of benzene rings is 2. The summed E-state index contributed by atoms with van der Waals surface area (Å²) in [5.41, 5.74) is 1.57. The lowest BCUT2D eigenvalue weighted by Gasteiger charge is -2.05. The highest BCUT2D eigenvalue weighted by Crippen LogP contribution is 2.40. The highest BCUT2D eigenvalue weighted by Gasteiger charge is 2.17. The second kappa shape index (κ2) is 7.27. The van der Waals surface area contributed by atoms with Crippen molar-refractivity contribution in [1.29, 1.82) is 0 Å². The summed E-state index contributed by atoms with van der Waals surface area (Å²) in [6.45, 7) is 0.313. The summed E-state index contributed by atoms with van der Waals surface area (Å²) in [4.78, 5) is 11.8. The maximum atomic E-state index is 11.8. The molecule has 0 fully saturated rings. The van der Waals surface area contributed by atoms with Crippen molar-refractivity contribution in [2.24, 2.45) is 0 Å². The molecular weight excluding hydrogens is 332 g/mol. The minimum atomic E-state index is -0.452. The Balaban J connectivity index is 1.60. The molecule has 0 saturated carbocycles. The Labute approximate surface area is 144 Å². The number of ether oxygens (including phenoxy) is 4. The van der Waals surface area contributed by atoms with Gasteiger partial charge < -0.3 is 18.9 Å². The first-order valence-electron chi connectivity index (χ1n) is 7.22. The van der Waals surface area contributed by atoms with E-state index in [0.717, 1.165) is 11.1 Å². The van der Waals surface area contributed by atoms with Crippen LogP contribution in [0.15, 0.2) is 42.5 Å². The number of halogens is 1. The average Bonchev–Trinajstić information content (AvgIpc) is 3.07. The van der Waals surface area contributed by atoms with Gasteiger partial charge in [0.1, 0.15) is 12.4 Å². The molecule has 124 valence electrons. The Hall–Kier alpha value is -2.66. The van der Waals surface area contributed by atoms with Crippen LogP contribution in [0.4, 0.5) is 0 Å². The zero-order chi connectivity index (χ0) is 16.9. The summed E-state index contributed by atoms with van der Waals surface area (Å²) in [5.74, 6) is 1.35. The molecule has 0 radical (unpaired) electrons. The fourth-order valence-corrected chi connectivity index (χ4v) is 2.49. The second-order valence-corrected chi connectivity index (χ2v) is 5.44. The predicted molar refractivity (Wildman–Crippen MR) is 89.4 cm³/mol. The highest BCUT2D eigenvalue weighted by molar-refractivity contribution is 6.32. The van der Waals surface area contributed by atoms with Crippen LogP contribution in [0.5, 0.6) is 17.2 Å². The smallest absolute Gasteiger partial charge is 0.331 e. The number of carbonyl (C=O) groups excluding carboxylic acids is 1. The van der Waals surface area contributed by atoms with Crippen molar-refractivity contribution in [3.8, 4) is 17.2 Å². The normalized spacial score (nSPS) is 12.4. The monoisotopic (exact) mass is 346 g/mol. The molecule has 5 nitrogen and oxygen atoms in total. The van der Waals surface area contributed by atoms with Gasteiger partial charge in [-0.3, -0.25) is 0 Å². The third kappa shape index (κ3) is 3.81. The Kier molecular flexibility index (Phi) is 4.91. The lowest BCUT2D eigenvalue weighted by atomic mass is 10.2. The van der Waals surface area contributed by atoms with Crippen molar-refractivity contribution in [2.45, 2.75) is 6.61 Å². The van der Waals surface area contributed by atoms with E-state index in [1.165, 1.54) is 6.08 Å². The third-order valence-electron chi connectivity index (χ3n) is 3.38. The number of methoxy groups -OCH3 is 1. The van der Waals surface area contributed by atoms with Gasteiger partial charge in [0.2, 0.25) is 6.79 Å². The molecule has 0 aromatic heterocycles. The molecule has 0 unspecified atom stereocenters. The Morgan fingerprint density at radius 3 is 3.00 bits per heavy atom. The second-order valence-electron chi connectivity index (χ2n) is 5.03. The van der Waals surface area contributed by atoms with Crippen LogP contribution < -0.4 is 14.2 Å². The Bertz CT molecular complexity index is 785. The first-order valence-corrected chi connectivity index (χ1v) is 7.60. The molecule has 1 aliphatic heterocycles. The summed E-state index contributed by atoms with van der Waals surface area (Å²) in [6, 6.07) is 10.8. The zero-order valence-electron chi connectivity index (χ0n) is 13.0. The maximum Gasteiger partial charge on any atom is 0.331 e. The van der Waals surface area contributed by atoms with Crippen molar-refractivity contribution >= 4 is 23.6 Å². The molecule has 0 spiro atoms. The number of hydrogen-bond donors (Lipinski definition) is 0. The minimum Gasteiger partial charge on any atom is -0.497 e. The molecule has 1 aliphatic rings. The quantitative estimate of drug-likeness (QED) is 0.608. The first-order chi connectivity index (χ1) is 11.7. The van der Waals surface area contributed by atoms with Crippen LogP contribution >= 0.6 is 11.6 Å². The summed E-state index contributed by atoms with van der Waals surface area (Å²) < 4.78 is 20.8. The van der Waals surface area contributed by atoms with Crippen molar-refractivity contribution in [3.63, 3.8) is 0 Å². The van der Waals surface area contributed by atoms with Crippen molar-refractivity contribution in [2.75, 3.05) is 13.9 Å². The van der Waals surface area contributed by atoms with Gasteiger partial charge in [0.15, 0.2) is 11.5 Å². The summed E-state index contributed by atoms with van der Waals surface area (Å²) >= 11 is 6.09. The minimum absolute atomic E-state index is 0.144. The molecule has 0 saturated heterocycles. The molecule has 0 aliphatic carbocycles. The van der Waals surface area contributed by atoms with Crippen LogP contribution in [0.25, 0.3) is 6.08 Å². The van der Waals surface area contributed by atoms with Gasteiger partial charge in [-0.15, -0.1) is 0 Å². The van der Waals surface area contributed by atoms with Gasteiger partial charge in [0.05, 0.1) is 12.1 Å². The number of esters is 1. The van der Waals surface area contributed by atoms with Crippen LogP contribution in [0.2, 0.25) is 5.02 Å². The van der Waals surface area contributed by atoms with Crippen LogP contribution in [0, 0.1) is 0 Å². The molecule has 2 aromatic carbocycles. The number of rotatable bonds is 5. The molecular formula is C18H15ClO5. The van der Waals surface area contributed by atoms with E-state index < -0.39 is 5.97 Å². The third-order valence-corrected chi connectivity index (χ3v) is 3.66. The van der Waals surface area contributed by atoms with E-state index in [9.17, 15) is 4.79 Å². The standard InChI is InChI=1S/C18H15ClO5/c1-21-14-4-2-3-13(7-14)10-22-17(20)6-5-12-8-15(19)18-16(9-12)23-11-24-18/h2-9H,10-11H2,1H3/b6-5+. The lowest BCUT2D eigenvalue weighted by molar-refractivity contribution is -0.138. The molecule has 0 N–H and O–H groups in total. The van der Waals surface area contributed by atoms with Crippen LogP contribution in [-0.4, -0.2) is 19.9 Å². The van der Waals surface area contributed by atoms with Gasteiger partial charge in [-0.2, -0.15) is 0 Å². The van der Waals surface area contributed by atoms with E-state index in [4.69, 9.17) is 30.5 Å². The van der Waals surface area contributed by atoms with E-state index in [1.807, 2.05) is 24.3 Å². The van der Waals surface area contributed by atoms with Crippen LogP contribution in [0.1, 0.15) is 11.1 Å². The van der Waals surface area contributed by atoms with Crippen molar-refractivity contribution in [3.05, 3.63) is 58.6 Å². The molecule has 3 rings (SSSR count). The SMILES string of the molecule is COc1cccc(COC(=O)/C=C/c2cc(Cl)c3c(c2)OCO3)c1. The largest absolute Gasteiger partial charge is 0.497 e. The van der Waals surface area contributed by atoms with Gasteiger partial charge in [-0.25, -0.2) is 4.79 Å². The van der Waals surface area contributed by atoms with E-state index in [1.54, 1.807) is 25.3 Å². The van der Waals surface area contributed by atoms with Crippen LogP contribution in [0.3, 0.4) is 0 Å². The Morgan fingerprint density at radius 1 is 1.29 bits per heavy atom. The van der Waals surface area contributed by atoms with E-state index in [0.29, 0.717) is 22.3 Å². The number of fused-ring (bicyclic) bond motifs is 1. The van der Waals surface area contributed by atoms with Crippen molar-refractivity contribution < 1.29 is 23.7 Å². The summed E-state index contributed by atoms with van der Waals surface area (Å²) in [6.07, 6.45) is 2.95. The zero-order valence-corrected chi connectivity index (χ0v) is 13.7. The topological polar surface area (TPSA) is 54.0 Å². The number of hydrogen-bond acceptors (Lipinski definition) is 5. The first kappa shape index (κ1) is 16.2. The molecule has 6 heteroatoms. The fourth-order valence-electron chi connectivity index (χ4n) is 2.21. The van der Waals surface area contributed by atoms with Gasteiger partial charge in [0.25, 0.3) is 0 Å². The molecule has 0 atom stereocenters. The van der Waals surface area contributed by atoms with E-state index >= 15 is 0 Å². The summed E-state index contributed by atoms with van der Waals surface area (Å²) in [7, 11) is 1.59. The van der Waals surface area contributed by atoms with E-state index in [-0.39, 0.29) is 13.4 Å². The van der Waals surface area contributed by atoms with Gasteiger partial charge in [0, 0.05) is 6.08 Å². The maximum absolute atomic E-state index is 11.8. The molecule has 0 amide bonds. The average molecular weight is 347 g/mol. The molecule has 0 bridgehead atoms. The molecule has 1 heterocycles. The molecule has 24 heavy (non-hydrogen) atoms. The van der Waals surface area contributed by atoms with Crippen molar-refractivity contribution in [1.82, 2.24) is 0 Å². The van der Waals surface area contributed by atoms with Gasteiger partial charge >= 0.3 is 5.97 Å². The predicted octanol–water partition coefficient (Wildman–Crippen LogP) is 3.83. The van der Waals surface area contributed by atoms with Gasteiger partial charge in [-0.05, 0) is 41.5 Å². The Morgan fingerprint density at radius 2 is 2.17 bits per heavy atom. The highest BCUT2D eigenvalue weighted by atomic mass is 35.5.